The third kappa shape index (κ3) is 3.10. The Balaban J connectivity index is 2.67. The molecule has 0 spiro atoms. The van der Waals surface area contributed by atoms with Gasteiger partial charge in [0.2, 0.25) is 0 Å². The van der Waals surface area contributed by atoms with E-state index in [9.17, 15) is 0 Å². The van der Waals surface area contributed by atoms with Crippen molar-refractivity contribution in [3.63, 3.8) is 0 Å². The largest absolute Gasteiger partial charge is 0.403 e. The Bertz CT molecular complexity index is 340. The minimum absolute atomic E-state index is 0.705. The molecule has 1 aromatic rings. The number of pyridine rings is 1. The van der Waals surface area contributed by atoms with Gasteiger partial charge in [0, 0.05) is 30.5 Å². The lowest BCUT2D eigenvalue weighted by molar-refractivity contribution is 1.32. The Morgan fingerprint density at radius 2 is 2.21 bits per heavy atom. The average molecular weight is 188 g/mol. The summed E-state index contributed by atoms with van der Waals surface area (Å²) in [6.45, 7) is 3.47. The Morgan fingerprint density at radius 3 is 2.79 bits per heavy atom. The van der Waals surface area contributed by atoms with Gasteiger partial charge in [0.1, 0.15) is 0 Å². The maximum Gasteiger partial charge on any atom is 0.0727 e. The van der Waals surface area contributed by atoms with E-state index in [0.717, 1.165) is 5.69 Å². The molecule has 72 valence electrons. The Labute approximate surface area is 82.9 Å². The van der Waals surface area contributed by atoms with Crippen molar-refractivity contribution >= 4 is 11.9 Å². The summed E-state index contributed by atoms with van der Waals surface area (Å²) in [7, 11) is 0. The molecule has 3 N–H and O–H groups in total. The molecule has 0 unspecified atom stereocenters. The van der Waals surface area contributed by atoms with Crippen LogP contribution in [0.2, 0.25) is 0 Å². The molecule has 0 aliphatic heterocycles. The smallest absolute Gasteiger partial charge is 0.0727 e. The molecule has 0 fully saturated rings. The van der Waals surface area contributed by atoms with Crippen LogP contribution in [-0.2, 0) is 0 Å². The van der Waals surface area contributed by atoms with Gasteiger partial charge in [0.25, 0.3) is 0 Å². The molecular weight excluding hydrogens is 176 g/mol. The van der Waals surface area contributed by atoms with Crippen LogP contribution in [0.5, 0.6) is 0 Å². The lowest BCUT2D eigenvalue weighted by Crippen LogP contribution is -2.03. The van der Waals surface area contributed by atoms with Crippen LogP contribution in [0.3, 0.4) is 0 Å². The molecule has 1 aromatic heterocycles. The van der Waals surface area contributed by atoms with Crippen LogP contribution in [0.4, 0.5) is 5.69 Å². The van der Waals surface area contributed by atoms with Crippen LogP contribution in [0.25, 0.3) is 0 Å². The number of hydrogen-bond donors (Lipinski definition) is 2. The monoisotopic (exact) mass is 188 g/mol. The van der Waals surface area contributed by atoms with Gasteiger partial charge in [0.05, 0.1) is 11.9 Å². The van der Waals surface area contributed by atoms with Gasteiger partial charge < -0.3 is 11.1 Å². The molecule has 0 aliphatic rings. The van der Waals surface area contributed by atoms with Gasteiger partial charge in [-0.15, -0.1) is 0 Å². The zero-order chi connectivity index (χ0) is 10.2. The molecule has 0 bridgehead atoms. The number of nitrogens with one attached hydrogen (secondary N) is 1. The summed E-state index contributed by atoms with van der Waals surface area (Å²) < 4.78 is 0. The van der Waals surface area contributed by atoms with E-state index in [1.165, 1.54) is 12.4 Å². The third-order valence-electron chi connectivity index (χ3n) is 1.47. The van der Waals surface area contributed by atoms with Gasteiger partial charge in [-0.2, -0.15) is 0 Å². The first kappa shape index (κ1) is 9.98. The second kappa shape index (κ2) is 5.53. The molecule has 0 atom stereocenters. The second-order valence-corrected chi connectivity index (χ2v) is 2.44. The molecule has 0 saturated heterocycles. The highest BCUT2D eigenvalue weighted by Crippen LogP contribution is 2.05. The van der Waals surface area contributed by atoms with Gasteiger partial charge in [-0.1, -0.05) is 6.58 Å². The zero-order valence-corrected chi connectivity index (χ0v) is 7.72. The highest BCUT2D eigenvalue weighted by atomic mass is 14.9. The second-order valence-electron chi connectivity index (χ2n) is 2.44. The van der Waals surface area contributed by atoms with Crippen molar-refractivity contribution in [1.29, 1.82) is 0 Å². The molecule has 4 heteroatoms. The standard InChI is InChI=1S/C10H12N4/c1-2-12-8-10(7-11)14-9-3-5-13-6-4-9/h2-8H,1,11H2,(H,13,14)/b10-7+,12-8-. The van der Waals surface area contributed by atoms with Crippen molar-refractivity contribution in [2.75, 3.05) is 5.32 Å². The number of nitrogens with zero attached hydrogens (tertiary/aromatic N) is 2. The number of nitrogens with two attached hydrogens (primary N) is 1. The van der Waals surface area contributed by atoms with E-state index < -0.39 is 0 Å². The Morgan fingerprint density at radius 1 is 1.50 bits per heavy atom. The fraction of sp³-hybridized carbons (Fsp3) is 0. The van der Waals surface area contributed by atoms with Crippen LogP contribution >= 0.6 is 0 Å². The summed E-state index contributed by atoms with van der Waals surface area (Å²) in [6, 6.07) is 3.68. The van der Waals surface area contributed by atoms with E-state index in [1.807, 2.05) is 12.1 Å². The molecule has 0 aliphatic carbocycles. The highest BCUT2D eigenvalue weighted by Gasteiger charge is 1.92. The number of rotatable bonds is 4. The predicted molar refractivity (Wildman–Crippen MR) is 58.8 cm³/mol. The maximum absolute atomic E-state index is 5.40. The van der Waals surface area contributed by atoms with Crippen LogP contribution < -0.4 is 11.1 Å². The van der Waals surface area contributed by atoms with Gasteiger partial charge in [-0.05, 0) is 12.1 Å². The first-order chi connectivity index (χ1) is 6.86. The molecule has 0 radical (unpaired) electrons. The molecular formula is C10H12N4. The number of anilines is 1. The molecule has 1 heterocycles. The summed E-state index contributed by atoms with van der Waals surface area (Å²) in [5.41, 5.74) is 7.01. The summed E-state index contributed by atoms with van der Waals surface area (Å²) in [5.74, 6) is 0. The van der Waals surface area contributed by atoms with Crippen LogP contribution in [0, 0.1) is 0 Å². The maximum atomic E-state index is 5.40. The number of aromatic nitrogens is 1. The summed E-state index contributed by atoms with van der Waals surface area (Å²) in [5, 5.41) is 3.06. The summed E-state index contributed by atoms with van der Waals surface area (Å²) in [6.07, 6.45) is 7.86. The fourth-order valence-electron chi connectivity index (χ4n) is 0.852. The third-order valence-corrected chi connectivity index (χ3v) is 1.47. The highest BCUT2D eigenvalue weighted by molar-refractivity contribution is 5.83. The quantitative estimate of drug-likeness (QED) is 0.704. The van der Waals surface area contributed by atoms with Gasteiger partial charge in [-0.3, -0.25) is 9.98 Å². The lowest BCUT2D eigenvalue weighted by atomic mass is 10.4. The SMILES string of the molecule is C=C/N=C\C(=C/N)Nc1ccncc1. The first-order valence-corrected chi connectivity index (χ1v) is 4.10. The van der Waals surface area contributed by atoms with Crippen LogP contribution in [-0.4, -0.2) is 11.2 Å². The summed E-state index contributed by atoms with van der Waals surface area (Å²) >= 11 is 0. The van der Waals surface area contributed by atoms with Crippen molar-refractivity contribution < 1.29 is 0 Å². The topological polar surface area (TPSA) is 63.3 Å². The van der Waals surface area contributed by atoms with E-state index in [1.54, 1.807) is 18.6 Å². The van der Waals surface area contributed by atoms with Crippen molar-refractivity contribution in [2.24, 2.45) is 10.7 Å². The summed E-state index contributed by atoms with van der Waals surface area (Å²) in [4.78, 5) is 7.75. The van der Waals surface area contributed by atoms with Gasteiger partial charge >= 0.3 is 0 Å². The normalized spacial score (nSPS) is 11.6. The predicted octanol–water partition coefficient (Wildman–Crippen LogP) is 1.51. The minimum Gasteiger partial charge on any atom is -0.403 e. The Kier molecular flexibility index (Phi) is 3.94. The van der Waals surface area contributed by atoms with Crippen LogP contribution in [0.1, 0.15) is 0 Å². The molecule has 0 saturated carbocycles. The van der Waals surface area contributed by atoms with Crippen molar-refractivity contribution in [3.05, 3.63) is 49.2 Å². The fourth-order valence-corrected chi connectivity index (χ4v) is 0.852. The van der Waals surface area contributed by atoms with Crippen molar-refractivity contribution in [3.8, 4) is 0 Å². The van der Waals surface area contributed by atoms with E-state index in [0.29, 0.717) is 5.70 Å². The van der Waals surface area contributed by atoms with E-state index in [2.05, 4.69) is 21.9 Å². The van der Waals surface area contributed by atoms with E-state index in [4.69, 9.17) is 5.73 Å². The first-order valence-electron chi connectivity index (χ1n) is 4.10. The number of allylic oxidation sites excluding steroid dienone is 1. The van der Waals surface area contributed by atoms with E-state index >= 15 is 0 Å². The molecule has 4 nitrogen and oxygen atoms in total. The molecule has 0 amide bonds. The Hall–Kier alpha value is -2.10. The minimum atomic E-state index is 0.705. The lowest BCUT2D eigenvalue weighted by Gasteiger charge is -2.04. The van der Waals surface area contributed by atoms with Crippen LogP contribution in [0.15, 0.2) is 54.2 Å². The van der Waals surface area contributed by atoms with Gasteiger partial charge in [0.15, 0.2) is 0 Å². The van der Waals surface area contributed by atoms with E-state index in [-0.39, 0.29) is 0 Å². The molecule has 0 aromatic carbocycles. The zero-order valence-electron chi connectivity index (χ0n) is 7.72. The molecule has 14 heavy (non-hydrogen) atoms. The number of aliphatic imine (C=N–C) groups is 1. The number of hydrogen-bond acceptors (Lipinski definition) is 4. The van der Waals surface area contributed by atoms with Crippen molar-refractivity contribution in [2.45, 2.75) is 0 Å². The molecule has 1 rings (SSSR count). The van der Waals surface area contributed by atoms with Crippen molar-refractivity contribution in [1.82, 2.24) is 4.98 Å². The van der Waals surface area contributed by atoms with Gasteiger partial charge in [-0.25, -0.2) is 0 Å². The average Bonchev–Trinajstić information content (AvgIpc) is 2.25.